The lowest BCUT2D eigenvalue weighted by atomic mass is 10.3. The second-order valence-electron chi connectivity index (χ2n) is 4.30. The lowest BCUT2D eigenvalue weighted by Crippen LogP contribution is -2.07. The van der Waals surface area contributed by atoms with Crippen LogP contribution in [0.2, 0.25) is 5.02 Å². The summed E-state index contributed by atoms with van der Waals surface area (Å²) in [4.78, 5) is 4.57. The van der Waals surface area contributed by atoms with Crippen molar-refractivity contribution in [1.82, 2.24) is 9.55 Å². The first-order valence-corrected chi connectivity index (χ1v) is 6.85. The molecule has 1 heterocycles. The van der Waals surface area contributed by atoms with Gasteiger partial charge in [-0.05, 0) is 31.5 Å². The third kappa shape index (κ3) is 3.47. The Bertz CT molecular complexity index is 539. The number of hydrogen-bond acceptors (Lipinski definition) is 3. The number of nitrogens with zero attached hydrogens (tertiary/aromatic N) is 2. The van der Waals surface area contributed by atoms with Gasteiger partial charge >= 0.3 is 0 Å². The summed E-state index contributed by atoms with van der Waals surface area (Å²) in [7, 11) is 1.68. The van der Waals surface area contributed by atoms with Gasteiger partial charge in [-0.2, -0.15) is 0 Å². The van der Waals surface area contributed by atoms with Crippen LogP contribution in [0.25, 0.3) is 11.0 Å². The van der Waals surface area contributed by atoms with Crippen LogP contribution >= 0.6 is 11.6 Å². The molecule has 2 rings (SSSR count). The van der Waals surface area contributed by atoms with Crippen LogP contribution in [0, 0.1) is 0 Å². The molecule has 0 N–H and O–H groups in total. The molecular formula is C14H19ClN2O2. The van der Waals surface area contributed by atoms with E-state index in [1.165, 1.54) is 0 Å². The molecule has 0 radical (unpaired) electrons. The van der Waals surface area contributed by atoms with Crippen LogP contribution in [0.3, 0.4) is 0 Å². The number of fused-ring (bicyclic) bond motifs is 1. The highest BCUT2D eigenvalue weighted by molar-refractivity contribution is 6.31. The van der Waals surface area contributed by atoms with E-state index in [1.807, 2.05) is 25.1 Å². The highest BCUT2D eigenvalue weighted by Crippen LogP contribution is 2.21. The molecule has 0 spiro atoms. The first kappa shape index (κ1) is 14.3. The number of imidazole rings is 1. The molecule has 0 amide bonds. The molecular weight excluding hydrogens is 264 g/mol. The van der Waals surface area contributed by atoms with E-state index in [9.17, 15) is 0 Å². The number of methoxy groups -OCH3 is 1. The van der Waals surface area contributed by atoms with E-state index in [1.54, 1.807) is 7.11 Å². The molecule has 0 aliphatic rings. The van der Waals surface area contributed by atoms with Gasteiger partial charge in [-0.15, -0.1) is 0 Å². The van der Waals surface area contributed by atoms with Crippen LogP contribution in [0.1, 0.15) is 19.2 Å². The maximum absolute atomic E-state index is 6.00. The van der Waals surface area contributed by atoms with E-state index >= 15 is 0 Å². The lowest BCUT2D eigenvalue weighted by molar-refractivity contribution is 0.140. The van der Waals surface area contributed by atoms with E-state index in [0.29, 0.717) is 11.6 Å². The highest BCUT2D eigenvalue weighted by atomic mass is 35.5. The Labute approximate surface area is 118 Å². The summed E-state index contributed by atoms with van der Waals surface area (Å²) in [5.41, 5.74) is 2.00. The van der Waals surface area contributed by atoms with Gasteiger partial charge in [0.2, 0.25) is 0 Å². The molecule has 0 aliphatic carbocycles. The molecule has 0 saturated carbocycles. The van der Waals surface area contributed by atoms with Crippen molar-refractivity contribution in [3.8, 4) is 0 Å². The molecule has 0 atom stereocenters. The molecule has 0 bridgehead atoms. The van der Waals surface area contributed by atoms with Crippen LogP contribution in [-0.2, 0) is 22.6 Å². The maximum Gasteiger partial charge on any atom is 0.135 e. The van der Waals surface area contributed by atoms with Gasteiger partial charge in [0.15, 0.2) is 0 Å². The number of aromatic nitrogens is 2. The fraction of sp³-hybridized carbons (Fsp3) is 0.500. The SMILES string of the molecule is CCOCCCn1c(COC)nc2cc(Cl)ccc21. The number of benzene rings is 1. The average Bonchev–Trinajstić information content (AvgIpc) is 2.72. The predicted octanol–water partition coefficient (Wildman–Crippen LogP) is 3.26. The van der Waals surface area contributed by atoms with Crippen molar-refractivity contribution in [2.75, 3.05) is 20.3 Å². The minimum Gasteiger partial charge on any atom is -0.382 e. The van der Waals surface area contributed by atoms with Crippen LogP contribution in [0.4, 0.5) is 0 Å². The average molecular weight is 283 g/mol. The second kappa shape index (κ2) is 6.89. The Morgan fingerprint density at radius 1 is 1.37 bits per heavy atom. The molecule has 5 heteroatoms. The molecule has 19 heavy (non-hydrogen) atoms. The van der Waals surface area contributed by atoms with Gasteiger partial charge in [-0.1, -0.05) is 11.6 Å². The zero-order chi connectivity index (χ0) is 13.7. The summed E-state index contributed by atoms with van der Waals surface area (Å²) in [5.74, 6) is 0.927. The van der Waals surface area contributed by atoms with Gasteiger partial charge < -0.3 is 14.0 Å². The third-order valence-electron chi connectivity index (χ3n) is 2.94. The topological polar surface area (TPSA) is 36.3 Å². The molecule has 104 valence electrons. The largest absolute Gasteiger partial charge is 0.382 e. The standard InChI is InChI=1S/C14H19ClN2O2/c1-3-19-8-4-7-17-13-6-5-11(15)9-12(13)16-14(17)10-18-2/h5-6,9H,3-4,7-8,10H2,1-2H3. The number of ether oxygens (including phenoxy) is 2. The van der Waals surface area contributed by atoms with Gasteiger partial charge in [0.1, 0.15) is 12.4 Å². The van der Waals surface area contributed by atoms with E-state index in [2.05, 4.69) is 9.55 Å². The Morgan fingerprint density at radius 2 is 2.21 bits per heavy atom. The summed E-state index contributed by atoms with van der Waals surface area (Å²) < 4.78 is 12.8. The summed E-state index contributed by atoms with van der Waals surface area (Å²) in [6.07, 6.45) is 0.957. The minimum atomic E-state index is 0.501. The highest BCUT2D eigenvalue weighted by Gasteiger charge is 2.10. The molecule has 0 saturated heterocycles. The number of rotatable bonds is 7. The van der Waals surface area contributed by atoms with Crippen LogP contribution < -0.4 is 0 Å². The van der Waals surface area contributed by atoms with E-state index in [0.717, 1.165) is 43.0 Å². The fourth-order valence-electron chi connectivity index (χ4n) is 2.11. The zero-order valence-corrected chi connectivity index (χ0v) is 12.1. The predicted molar refractivity (Wildman–Crippen MR) is 76.6 cm³/mol. The van der Waals surface area contributed by atoms with Crippen molar-refractivity contribution in [3.63, 3.8) is 0 Å². The Kier molecular flexibility index (Phi) is 5.19. The van der Waals surface area contributed by atoms with Gasteiger partial charge in [0.25, 0.3) is 0 Å². The lowest BCUT2D eigenvalue weighted by Gasteiger charge is -2.08. The molecule has 1 aromatic heterocycles. The van der Waals surface area contributed by atoms with Gasteiger partial charge in [-0.3, -0.25) is 0 Å². The van der Waals surface area contributed by atoms with Crippen molar-refractivity contribution < 1.29 is 9.47 Å². The Hall–Kier alpha value is -1.10. The molecule has 4 nitrogen and oxygen atoms in total. The van der Waals surface area contributed by atoms with Crippen LogP contribution in [0.5, 0.6) is 0 Å². The summed E-state index contributed by atoms with van der Waals surface area (Å²) in [6, 6.07) is 5.78. The molecule has 1 aromatic carbocycles. The summed E-state index contributed by atoms with van der Waals surface area (Å²) in [6.45, 7) is 4.89. The number of halogens is 1. The fourth-order valence-corrected chi connectivity index (χ4v) is 2.28. The second-order valence-corrected chi connectivity index (χ2v) is 4.73. The monoisotopic (exact) mass is 282 g/mol. The van der Waals surface area contributed by atoms with Crippen LogP contribution in [0.15, 0.2) is 18.2 Å². The van der Waals surface area contributed by atoms with Crippen molar-refractivity contribution in [3.05, 3.63) is 29.0 Å². The third-order valence-corrected chi connectivity index (χ3v) is 3.17. The Morgan fingerprint density at radius 3 is 2.95 bits per heavy atom. The van der Waals surface area contributed by atoms with Crippen molar-refractivity contribution in [2.45, 2.75) is 26.5 Å². The molecule has 2 aromatic rings. The minimum absolute atomic E-state index is 0.501. The maximum atomic E-state index is 6.00. The zero-order valence-electron chi connectivity index (χ0n) is 11.4. The molecule has 0 aliphatic heterocycles. The smallest absolute Gasteiger partial charge is 0.135 e. The first-order chi connectivity index (χ1) is 9.26. The van der Waals surface area contributed by atoms with Crippen molar-refractivity contribution >= 4 is 22.6 Å². The van der Waals surface area contributed by atoms with Crippen molar-refractivity contribution in [2.24, 2.45) is 0 Å². The number of hydrogen-bond donors (Lipinski definition) is 0. The van der Waals surface area contributed by atoms with Crippen molar-refractivity contribution in [1.29, 1.82) is 0 Å². The van der Waals surface area contributed by atoms with Crippen LogP contribution in [-0.4, -0.2) is 29.9 Å². The first-order valence-electron chi connectivity index (χ1n) is 6.47. The van der Waals surface area contributed by atoms with Gasteiger partial charge in [-0.25, -0.2) is 4.98 Å². The Balaban J connectivity index is 2.24. The van der Waals surface area contributed by atoms with Gasteiger partial charge in [0, 0.05) is 31.9 Å². The summed E-state index contributed by atoms with van der Waals surface area (Å²) >= 11 is 6.00. The molecule has 0 unspecified atom stereocenters. The normalized spacial score (nSPS) is 11.3. The van der Waals surface area contributed by atoms with Gasteiger partial charge in [0.05, 0.1) is 11.0 Å². The van der Waals surface area contributed by atoms with E-state index in [4.69, 9.17) is 21.1 Å². The van der Waals surface area contributed by atoms with E-state index < -0.39 is 0 Å². The summed E-state index contributed by atoms with van der Waals surface area (Å²) in [5, 5.41) is 0.704. The van der Waals surface area contributed by atoms with E-state index in [-0.39, 0.29) is 0 Å². The molecule has 0 fully saturated rings. The quantitative estimate of drug-likeness (QED) is 0.731. The number of aryl methyl sites for hydroxylation is 1.